The Hall–Kier alpha value is -6.07. The van der Waals surface area contributed by atoms with Crippen LogP contribution in [-0.4, -0.2) is 23.9 Å². The molecule has 10 rings (SSSR count). The second-order valence-corrected chi connectivity index (χ2v) is 11.3. The highest BCUT2D eigenvalue weighted by atomic mass is 15.2. The maximum atomic E-state index is 5.36. The van der Waals surface area contributed by atoms with Gasteiger partial charge in [-0.25, -0.2) is 15.0 Å². The van der Waals surface area contributed by atoms with Gasteiger partial charge in [-0.1, -0.05) is 115 Å². The van der Waals surface area contributed by atoms with E-state index in [9.17, 15) is 0 Å². The maximum absolute atomic E-state index is 5.36. The molecular weight excluding hydrogens is 538 g/mol. The van der Waals surface area contributed by atoms with Crippen LogP contribution in [0.2, 0.25) is 0 Å². The van der Waals surface area contributed by atoms with Gasteiger partial charge in [0.25, 0.3) is 0 Å². The lowest BCUT2D eigenvalue weighted by Crippen LogP contribution is -2.05. The number of rotatable bonds is 2. The molecule has 5 heteroatoms. The standard InChI is InChI=1S/C39H23N5/c1-2-12-25-23-26(22-21-24(25)11-1)35-30-16-5-8-18-32(30)40-39(42-35)44-34-20-10-7-17-31(34)36-38(44)43-33-19-9-6-14-28(33)27-13-3-4-15-29(27)37(43)41-36/h1-23H. The Morgan fingerprint density at radius 1 is 0.455 bits per heavy atom. The molecule has 0 bridgehead atoms. The fourth-order valence-corrected chi connectivity index (χ4v) is 6.92. The molecule has 0 unspecified atom stereocenters. The molecule has 0 amide bonds. The summed E-state index contributed by atoms with van der Waals surface area (Å²) in [6, 6.07) is 48.9. The summed E-state index contributed by atoms with van der Waals surface area (Å²) in [6.07, 6.45) is 0. The fraction of sp³-hybridized carbons (Fsp3) is 0. The Labute approximate surface area is 251 Å². The lowest BCUT2D eigenvalue weighted by atomic mass is 10.0. The van der Waals surface area contributed by atoms with Crippen molar-refractivity contribution in [1.82, 2.24) is 23.9 Å². The Bertz CT molecular complexity index is 2790. The minimum Gasteiger partial charge on any atom is -0.277 e. The third-order valence-corrected chi connectivity index (χ3v) is 8.88. The van der Waals surface area contributed by atoms with Gasteiger partial charge >= 0.3 is 0 Å². The van der Waals surface area contributed by atoms with Crippen molar-refractivity contribution in [2.24, 2.45) is 0 Å². The van der Waals surface area contributed by atoms with E-state index >= 15 is 0 Å². The smallest absolute Gasteiger partial charge is 0.237 e. The van der Waals surface area contributed by atoms with Gasteiger partial charge in [-0.3, -0.25) is 8.97 Å². The average Bonchev–Trinajstić information content (AvgIpc) is 3.63. The number of para-hydroxylation sites is 3. The lowest BCUT2D eigenvalue weighted by Gasteiger charge is -2.13. The molecule has 0 aliphatic carbocycles. The van der Waals surface area contributed by atoms with Crippen molar-refractivity contribution < 1.29 is 0 Å². The molecular formula is C39H23N5. The molecule has 0 saturated heterocycles. The summed E-state index contributed by atoms with van der Waals surface area (Å²) in [5.74, 6) is 0.622. The van der Waals surface area contributed by atoms with Crippen LogP contribution >= 0.6 is 0 Å². The van der Waals surface area contributed by atoms with E-state index in [4.69, 9.17) is 15.0 Å². The first-order valence-electron chi connectivity index (χ1n) is 14.8. The SMILES string of the molecule is c1ccc2cc(-c3nc(-n4c5ccccc5c5nc6c7ccccc7c7ccccc7n6c54)nc4ccccc34)ccc2c1. The van der Waals surface area contributed by atoms with E-state index in [2.05, 4.69) is 142 Å². The summed E-state index contributed by atoms with van der Waals surface area (Å²) in [6.45, 7) is 0. The second-order valence-electron chi connectivity index (χ2n) is 11.3. The summed E-state index contributed by atoms with van der Waals surface area (Å²) < 4.78 is 4.49. The van der Waals surface area contributed by atoms with Gasteiger partial charge in [-0.15, -0.1) is 0 Å². The molecule has 0 N–H and O–H groups in total. The van der Waals surface area contributed by atoms with Gasteiger partial charge in [0.05, 0.1) is 22.2 Å². The number of fused-ring (bicyclic) bond motifs is 12. The number of hydrogen-bond acceptors (Lipinski definition) is 3. The molecule has 0 atom stereocenters. The Balaban J connectivity index is 1.38. The summed E-state index contributed by atoms with van der Waals surface area (Å²) in [5.41, 5.74) is 7.82. The van der Waals surface area contributed by atoms with Gasteiger partial charge in [0.1, 0.15) is 11.2 Å². The molecule has 204 valence electrons. The monoisotopic (exact) mass is 561 g/mol. The number of nitrogens with zero attached hydrogens (tertiary/aromatic N) is 5. The quantitative estimate of drug-likeness (QED) is 0.198. The van der Waals surface area contributed by atoms with Crippen molar-refractivity contribution in [1.29, 1.82) is 0 Å². The van der Waals surface area contributed by atoms with E-state index in [1.807, 2.05) is 6.07 Å². The predicted octanol–water partition coefficient (Wildman–Crippen LogP) is 9.50. The number of aromatic nitrogens is 5. The zero-order valence-electron chi connectivity index (χ0n) is 23.5. The van der Waals surface area contributed by atoms with Crippen molar-refractivity contribution in [2.45, 2.75) is 0 Å². The third kappa shape index (κ3) is 3.15. The van der Waals surface area contributed by atoms with Crippen LogP contribution < -0.4 is 0 Å². The third-order valence-electron chi connectivity index (χ3n) is 8.88. The van der Waals surface area contributed by atoms with Crippen molar-refractivity contribution in [3.8, 4) is 17.2 Å². The summed E-state index contributed by atoms with van der Waals surface area (Å²) in [4.78, 5) is 15.9. The number of imidazole rings is 1. The lowest BCUT2D eigenvalue weighted by molar-refractivity contribution is 0.993. The Morgan fingerprint density at radius 2 is 1.11 bits per heavy atom. The molecule has 6 aromatic carbocycles. The molecule has 0 fully saturated rings. The van der Waals surface area contributed by atoms with Gasteiger partial charge in [-0.05, 0) is 40.4 Å². The average molecular weight is 562 g/mol. The summed E-state index contributed by atoms with van der Waals surface area (Å²) >= 11 is 0. The first-order chi connectivity index (χ1) is 21.8. The molecule has 4 heterocycles. The highest BCUT2D eigenvalue weighted by Crippen LogP contribution is 2.38. The van der Waals surface area contributed by atoms with Crippen molar-refractivity contribution >= 4 is 71.1 Å². The molecule has 0 saturated carbocycles. The fourth-order valence-electron chi connectivity index (χ4n) is 6.92. The van der Waals surface area contributed by atoms with E-state index in [0.717, 1.165) is 60.8 Å². The molecule has 0 spiro atoms. The predicted molar refractivity (Wildman–Crippen MR) is 181 cm³/mol. The minimum absolute atomic E-state index is 0.622. The van der Waals surface area contributed by atoms with Crippen LogP contribution in [0.3, 0.4) is 0 Å². The zero-order chi connectivity index (χ0) is 28.8. The molecule has 0 aliphatic heterocycles. The van der Waals surface area contributed by atoms with Gasteiger partial charge in [0.15, 0.2) is 5.65 Å². The van der Waals surface area contributed by atoms with E-state index < -0.39 is 0 Å². The van der Waals surface area contributed by atoms with Crippen molar-refractivity contribution in [3.63, 3.8) is 0 Å². The molecule has 0 aliphatic rings. The number of pyridine rings is 1. The van der Waals surface area contributed by atoms with Crippen molar-refractivity contribution in [2.75, 3.05) is 0 Å². The largest absolute Gasteiger partial charge is 0.277 e. The van der Waals surface area contributed by atoms with Gasteiger partial charge in [0.2, 0.25) is 5.95 Å². The van der Waals surface area contributed by atoms with Crippen LogP contribution in [-0.2, 0) is 0 Å². The van der Waals surface area contributed by atoms with Crippen LogP contribution in [0.25, 0.3) is 88.3 Å². The Kier molecular flexibility index (Phi) is 4.66. The van der Waals surface area contributed by atoms with Gasteiger partial charge in [0, 0.05) is 27.1 Å². The van der Waals surface area contributed by atoms with E-state index in [1.165, 1.54) is 21.5 Å². The van der Waals surface area contributed by atoms with Crippen molar-refractivity contribution in [3.05, 3.63) is 140 Å². The highest BCUT2D eigenvalue weighted by molar-refractivity contribution is 6.16. The Morgan fingerprint density at radius 3 is 1.98 bits per heavy atom. The van der Waals surface area contributed by atoms with Crippen LogP contribution in [0, 0.1) is 0 Å². The number of hydrogen-bond donors (Lipinski definition) is 0. The number of benzene rings is 6. The van der Waals surface area contributed by atoms with Crippen LogP contribution in [0.5, 0.6) is 0 Å². The molecule has 5 nitrogen and oxygen atoms in total. The first kappa shape index (κ1) is 23.5. The molecule has 0 radical (unpaired) electrons. The van der Waals surface area contributed by atoms with Gasteiger partial charge < -0.3 is 0 Å². The van der Waals surface area contributed by atoms with Crippen LogP contribution in [0.4, 0.5) is 0 Å². The van der Waals surface area contributed by atoms with E-state index in [0.29, 0.717) is 5.95 Å². The van der Waals surface area contributed by atoms with Crippen LogP contribution in [0.1, 0.15) is 0 Å². The molecule has 4 aromatic heterocycles. The van der Waals surface area contributed by atoms with Gasteiger partial charge in [-0.2, -0.15) is 0 Å². The zero-order valence-corrected chi connectivity index (χ0v) is 23.5. The normalized spacial score (nSPS) is 12.1. The second kappa shape index (κ2) is 8.72. The first-order valence-corrected chi connectivity index (χ1v) is 14.8. The summed E-state index contributed by atoms with van der Waals surface area (Å²) in [7, 11) is 0. The topological polar surface area (TPSA) is 48.0 Å². The molecule has 10 aromatic rings. The highest BCUT2D eigenvalue weighted by Gasteiger charge is 2.23. The van der Waals surface area contributed by atoms with E-state index in [-0.39, 0.29) is 0 Å². The maximum Gasteiger partial charge on any atom is 0.237 e. The summed E-state index contributed by atoms with van der Waals surface area (Å²) in [5, 5.41) is 7.98. The van der Waals surface area contributed by atoms with Crippen LogP contribution in [0.15, 0.2) is 140 Å². The molecule has 44 heavy (non-hydrogen) atoms. The van der Waals surface area contributed by atoms with E-state index in [1.54, 1.807) is 0 Å². The minimum atomic E-state index is 0.622.